The molecule has 24 heavy (non-hydrogen) atoms. The molecule has 1 heterocycles. The third kappa shape index (κ3) is 5.74. The number of hydrogen-bond donors (Lipinski definition) is 1. The van der Waals surface area contributed by atoms with E-state index in [1.807, 2.05) is 51.1 Å². The number of ether oxygens (including phenoxy) is 2. The second-order valence-electron chi connectivity index (χ2n) is 6.88. The maximum atomic E-state index is 12.0. The lowest BCUT2D eigenvalue weighted by Gasteiger charge is -2.24. The van der Waals surface area contributed by atoms with E-state index >= 15 is 0 Å². The average molecular weight is 331 g/mol. The molecule has 1 aromatic carbocycles. The van der Waals surface area contributed by atoms with Crippen LogP contribution in [-0.2, 0) is 11.3 Å². The lowest BCUT2D eigenvalue weighted by molar-refractivity contribution is 0.0291. The van der Waals surface area contributed by atoms with E-state index < -0.39 is 5.60 Å². The van der Waals surface area contributed by atoms with Gasteiger partial charge in [-0.05, 0) is 44.9 Å². The van der Waals surface area contributed by atoms with E-state index in [0.717, 1.165) is 18.5 Å². The Morgan fingerprint density at radius 3 is 2.71 bits per heavy atom. The van der Waals surface area contributed by atoms with Crippen molar-refractivity contribution in [2.24, 2.45) is 0 Å². The summed E-state index contributed by atoms with van der Waals surface area (Å²) in [6, 6.07) is 9.87. The molecule has 1 N–H and O–H groups in total. The van der Waals surface area contributed by atoms with Crippen molar-refractivity contribution in [3.63, 3.8) is 0 Å². The van der Waals surface area contributed by atoms with Crippen molar-refractivity contribution in [1.29, 1.82) is 5.26 Å². The largest absolute Gasteiger partial charge is 0.479 e. The van der Waals surface area contributed by atoms with Crippen LogP contribution in [0.2, 0.25) is 0 Å². The quantitative estimate of drug-likeness (QED) is 0.898. The highest BCUT2D eigenvalue weighted by atomic mass is 16.6. The Morgan fingerprint density at radius 2 is 2.08 bits per heavy atom. The van der Waals surface area contributed by atoms with Gasteiger partial charge in [-0.25, -0.2) is 4.79 Å². The molecule has 1 aliphatic rings. The first kappa shape index (κ1) is 18.1. The summed E-state index contributed by atoms with van der Waals surface area (Å²) in [5, 5.41) is 12.0. The van der Waals surface area contributed by atoms with Crippen molar-refractivity contribution in [2.75, 3.05) is 19.7 Å². The second-order valence-corrected chi connectivity index (χ2v) is 6.88. The standard InChI is InChI=1S/C18H25N3O3/c1-18(2,3)24-17(22)21-10-8-15(13-21)20-12-14-4-6-16(7-5-14)23-11-9-19/h4-7,15,20H,8,10-13H2,1-3H3. The maximum absolute atomic E-state index is 12.0. The van der Waals surface area contributed by atoms with Crippen LogP contribution < -0.4 is 10.1 Å². The normalized spacial score (nSPS) is 17.4. The van der Waals surface area contributed by atoms with Gasteiger partial charge >= 0.3 is 6.09 Å². The molecule has 0 saturated carbocycles. The summed E-state index contributed by atoms with van der Waals surface area (Å²) >= 11 is 0. The lowest BCUT2D eigenvalue weighted by atomic mass is 10.2. The van der Waals surface area contributed by atoms with Crippen molar-refractivity contribution < 1.29 is 14.3 Å². The van der Waals surface area contributed by atoms with Gasteiger partial charge in [0.1, 0.15) is 17.4 Å². The fourth-order valence-electron chi connectivity index (χ4n) is 2.50. The van der Waals surface area contributed by atoms with E-state index in [9.17, 15) is 4.79 Å². The van der Waals surface area contributed by atoms with E-state index in [1.54, 1.807) is 4.90 Å². The molecule has 1 fully saturated rings. The van der Waals surface area contributed by atoms with E-state index in [4.69, 9.17) is 14.7 Å². The van der Waals surface area contributed by atoms with Crippen LogP contribution >= 0.6 is 0 Å². The first-order chi connectivity index (χ1) is 11.4. The van der Waals surface area contributed by atoms with Crippen molar-refractivity contribution >= 4 is 6.09 Å². The van der Waals surface area contributed by atoms with Gasteiger partial charge in [0.2, 0.25) is 0 Å². The summed E-state index contributed by atoms with van der Waals surface area (Å²) in [6.45, 7) is 7.79. The number of likely N-dealkylation sites (tertiary alicyclic amines) is 1. The minimum absolute atomic E-state index is 0.0557. The van der Waals surface area contributed by atoms with Crippen LogP contribution in [0, 0.1) is 11.3 Å². The SMILES string of the molecule is CC(C)(C)OC(=O)N1CCC(NCc2ccc(OCC#N)cc2)C1. The highest BCUT2D eigenvalue weighted by Gasteiger charge is 2.29. The molecule has 0 aromatic heterocycles. The van der Waals surface area contributed by atoms with Gasteiger partial charge < -0.3 is 19.7 Å². The Morgan fingerprint density at radius 1 is 1.38 bits per heavy atom. The molecule has 6 nitrogen and oxygen atoms in total. The molecule has 0 radical (unpaired) electrons. The van der Waals surface area contributed by atoms with E-state index in [1.165, 1.54) is 0 Å². The zero-order chi connectivity index (χ0) is 17.6. The number of nitrogens with one attached hydrogen (secondary N) is 1. The van der Waals surface area contributed by atoms with E-state index in [-0.39, 0.29) is 18.7 Å². The molecule has 1 aliphatic heterocycles. The smallest absolute Gasteiger partial charge is 0.410 e. The second kappa shape index (κ2) is 8.02. The van der Waals surface area contributed by atoms with Gasteiger partial charge in [-0.2, -0.15) is 5.26 Å². The van der Waals surface area contributed by atoms with Crippen LogP contribution in [-0.4, -0.2) is 42.3 Å². The number of carbonyl (C=O) groups excluding carboxylic acids is 1. The monoisotopic (exact) mass is 331 g/mol. The van der Waals surface area contributed by atoms with Gasteiger partial charge in [0.05, 0.1) is 0 Å². The average Bonchev–Trinajstić information content (AvgIpc) is 2.99. The zero-order valence-electron chi connectivity index (χ0n) is 14.5. The highest BCUT2D eigenvalue weighted by molar-refractivity contribution is 5.68. The Balaban J connectivity index is 1.75. The van der Waals surface area contributed by atoms with Crippen molar-refractivity contribution in [1.82, 2.24) is 10.2 Å². The number of nitrogens with zero attached hydrogens (tertiary/aromatic N) is 2. The summed E-state index contributed by atoms with van der Waals surface area (Å²) in [4.78, 5) is 13.8. The molecule has 1 aromatic rings. The van der Waals surface area contributed by atoms with Crippen LogP contribution in [0.25, 0.3) is 0 Å². The molecule has 0 aliphatic carbocycles. The Hall–Kier alpha value is -2.26. The Labute approximate surface area is 143 Å². The van der Waals surface area contributed by atoms with Crippen LogP contribution in [0.5, 0.6) is 5.75 Å². The summed E-state index contributed by atoms with van der Waals surface area (Å²) in [7, 11) is 0. The van der Waals surface area contributed by atoms with Crippen molar-refractivity contribution in [3.8, 4) is 11.8 Å². The molecule has 1 unspecified atom stereocenters. The summed E-state index contributed by atoms with van der Waals surface area (Å²) in [5.41, 5.74) is 0.674. The number of benzene rings is 1. The third-order valence-electron chi connectivity index (χ3n) is 3.66. The molecule has 0 bridgehead atoms. The molecule has 1 amide bonds. The number of carbonyl (C=O) groups is 1. The number of amides is 1. The van der Waals surface area contributed by atoms with Crippen LogP contribution in [0.3, 0.4) is 0 Å². The molecule has 6 heteroatoms. The Kier molecular flexibility index (Phi) is 6.04. The minimum Gasteiger partial charge on any atom is -0.479 e. The molecular formula is C18H25N3O3. The van der Waals surface area contributed by atoms with Crippen molar-refractivity contribution in [3.05, 3.63) is 29.8 Å². The first-order valence-corrected chi connectivity index (χ1v) is 8.17. The van der Waals surface area contributed by atoms with Crippen LogP contribution in [0.15, 0.2) is 24.3 Å². The fraction of sp³-hybridized carbons (Fsp3) is 0.556. The molecule has 2 rings (SSSR count). The Bertz CT molecular complexity index is 587. The fourth-order valence-corrected chi connectivity index (χ4v) is 2.50. The van der Waals surface area contributed by atoms with Gasteiger partial charge in [-0.3, -0.25) is 0 Å². The number of hydrogen-bond acceptors (Lipinski definition) is 5. The lowest BCUT2D eigenvalue weighted by Crippen LogP contribution is -2.38. The first-order valence-electron chi connectivity index (χ1n) is 8.17. The third-order valence-corrected chi connectivity index (χ3v) is 3.66. The van der Waals surface area contributed by atoms with Crippen LogP contribution in [0.4, 0.5) is 4.79 Å². The van der Waals surface area contributed by atoms with Gasteiger partial charge in [0.25, 0.3) is 0 Å². The molecule has 0 spiro atoms. The summed E-state index contributed by atoms with van der Waals surface area (Å²) in [6.07, 6.45) is 0.675. The van der Waals surface area contributed by atoms with Gasteiger partial charge in [0, 0.05) is 25.7 Å². The van der Waals surface area contributed by atoms with E-state index in [2.05, 4.69) is 5.32 Å². The summed E-state index contributed by atoms with van der Waals surface area (Å²) < 4.78 is 10.6. The minimum atomic E-state index is -0.460. The predicted octanol–water partition coefficient (Wildman–Crippen LogP) is 2.69. The number of rotatable bonds is 5. The summed E-state index contributed by atoms with van der Waals surface area (Å²) in [5.74, 6) is 0.692. The highest BCUT2D eigenvalue weighted by Crippen LogP contribution is 2.16. The predicted molar refractivity (Wildman–Crippen MR) is 90.6 cm³/mol. The van der Waals surface area contributed by atoms with Gasteiger partial charge in [-0.15, -0.1) is 0 Å². The molecule has 1 saturated heterocycles. The van der Waals surface area contributed by atoms with Crippen LogP contribution in [0.1, 0.15) is 32.8 Å². The topological polar surface area (TPSA) is 74.6 Å². The number of nitriles is 1. The molecule has 1 atom stereocenters. The van der Waals surface area contributed by atoms with Gasteiger partial charge in [0.15, 0.2) is 6.61 Å². The van der Waals surface area contributed by atoms with E-state index in [0.29, 0.717) is 18.8 Å². The van der Waals surface area contributed by atoms with Gasteiger partial charge in [-0.1, -0.05) is 12.1 Å². The molecule has 130 valence electrons. The zero-order valence-corrected chi connectivity index (χ0v) is 14.5. The van der Waals surface area contributed by atoms with Crippen molar-refractivity contribution in [2.45, 2.75) is 45.4 Å². The molecular weight excluding hydrogens is 306 g/mol. The maximum Gasteiger partial charge on any atom is 0.410 e.